The van der Waals surface area contributed by atoms with Crippen LogP contribution >= 0.6 is 0 Å². The normalized spacial score (nSPS) is 23.9. The van der Waals surface area contributed by atoms with Crippen LogP contribution in [0.25, 0.3) is 0 Å². The quantitative estimate of drug-likeness (QED) is 0.754. The molecule has 16 heavy (non-hydrogen) atoms. The first kappa shape index (κ1) is 13.5. The van der Waals surface area contributed by atoms with E-state index >= 15 is 0 Å². The second-order valence-electron chi connectivity index (χ2n) is 5.67. The highest BCUT2D eigenvalue weighted by atomic mass is 16.5. The average Bonchev–Trinajstić information content (AvgIpc) is 2.25. The number of nitrogens with one attached hydrogen (secondary N) is 1. The van der Waals surface area contributed by atoms with Crippen molar-refractivity contribution in [2.45, 2.75) is 39.7 Å². The highest BCUT2D eigenvalue weighted by Crippen LogP contribution is 2.17. The lowest BCUT2D eigenvalue weighted by Crippen LogP contribution is -2.49. The molecule has 0 aromatic rings. The van der Waals surface area contributed by atoms with Crippen LogP contribution in [0.3, 0.4) is 0 Å². The summed E-state index contributed by atoms with van der Waals surface area (Å²) in [6, 6.07) is -0.447. The zero-order chi connectivity index (χ0) is 12.2. The Morgan fingerprint density at radius 3 is 2.75 bits per heavy atom. The molecule has 1 heterocycles. The molecular formula is C12H24N2O2. The third kappa shape index (κ3) is 4.10. The Kier molecular flexibility index (Phi) is 4.74. The molecule has 94 valence electrons. The van der Waals surface area contributed by atoms with Gasteiger partial charge in [0.25, 0.3) is 0 Å². The first-order valence-electron chi connectivity index (χ1n) is 6.02. The van der Waals surface area contributed by atoms with Crippen LogP contribution in [-0.2, 0) is 9.53 Å². The predicted molar refractivity (Wildman–Crippen MR) is 64.0 cm³/mol. The van der Waals surface area contributed by atoms with Crippen molar-refractivity contribution in [1.82, 2.24) is 5.32 Å². The number of nitrogens with two attached hydrogens (primary N) is 1. The molecule has 3 N–H and O–H groups in total. The van der Waals surface area contributed by atoms with E-state index in [-0.39, 0.29) is 11.3 Å². The summed E-state index contributed by atoms with van der Waals surface area (Å²) in [5.41, 5.74) is 5.68. The molecule has 1 saturated heterocycles. The minimum absolute atomic E-state index is 0.0573. The first-order valence-corrected chi connectivity index (χ1v) is 6.02. The van der Waals surface area contributed by atoms with Crippen molar-refractivity contribution in [2.75, 3.05) is 19.8 Å². The molecule has 1 unspecified atom stereocenters. The Balaban J connectivity index is 2.29. The molecule has 4 heteroatoms. The smallest absolute Gasteiger partial charge is 0.237 e. The molecule has 4 nitrogen and oxygen atoms in total. The van der Waals surface area contributed by atoms with E-state index in [4.69, 9.17) is 10.5 Å². The van der Waals surface area contributed by atoms with Crippen LogP contribution in [0.4, 0.5) is 0 Å². The van der Waals surface area contributed by atoms with Gasteiger partial charge in [-0.05, 0) is 24.2 Å². The number of ether oxygens (including phenoxy) is 1. The molecule has 1 aliphatic heterocycles. The molecule has 0 aromatic heterocycles. The highest BCUT2D eigenvalue weighted by Gasteiger charge is 2.27. The lowest BCUT2D eigenvalue weighted by atomic mass is 9.87. The largest absolute Gasteiger partial charge is 0.381 e. The van der Waals surface area contributed by atoms with Crippen molar-refractivity contribution >= 4 is 5.91 Å². The van der Waals surface area contributed by atoms with E-state index < -0.39 is 6.04 Å². The van der Waals surface area contributed by atoms with Gasteiger partial charge in [-0.1, -0.05) is 20.8 Å². The van der Waals surface area contributed by atoms with E-state index in [1.807, 2.05) is 20.8 Å². The van der Waals surface area contributed by atoms with Gasteiger partial charge in [-0.25, -0.2) is 0 Å². The van der Waals surface area contributed by atoms with E-state index in [2.05, 4.69) is 5.32 Å². The number of carbonyl (C=O) groups excluding carboxylic acids is 1. The third-order valence-corrected chi connectivity index (χ3v) is 3.04. The molecule has 0 saturated carbocycles. The van der Waals surface area contributed by atoms with Gasteiger partial charge in [-0.2, -0.15) is 0 Å². The summed E-state index contributed by atoms with van der Waals surface area (Å²) in [5, 5.41) is 2.91. The summed E-state index contributed by atoms with van der Waals surface area (Å²) in [6.45, 7) is 8.21. The maximum absolute atomic E-state index is 11.8. The van der Waals surface area contributed by atoms with Crippen molar-refractivity contribution in [3.63, 3.8) is 0 Å². The van der Waals surface area contributed by atoms with Crippen LogP contribution in [0.1, 0.15) is 33.6 Å². The standard InChI is InChI=1S/C12H24N2O2/c1-12(2,3)10(13)11(15)14-7-9-5-4-6-16-8-9/h9-10H,4-8,13H2,1-3H3,(H,14,15)/t9?,10-/m1/s1. The molecule has 0 bridgehead atoms. The average molecular weight is 228 g/mol. The van der Waals surface area contributed by atoms with Crippen molar-refractivity contribution in [3.8, 4) is 0 Å². The van der Waals surface area contributed by atoms with Gasteiger partial charge < -0.3 is 15.8 Å². The molecule has 0 radical (unpaired) electrons. The molecule has 2 atom stereocenters. The molecular weight excluding hydrogens is 204 g/mol. The maximum Gasteiger partial charge on any atom is 0.237 e. The molecule has 1 amide bonds. The molecule has 1 fully saturated rings. The van der Waals surface area contributed by atoms with Gasteiger partial charge in [-0.3, -0.25) is 4.79 Å². The lowest BCUT2D eigenvalue weighted by molar-refractivity contribution is -0.124. The Hall–Kier alpha value is -0.610. The number of hydrogen-bond donors (Lipinski definition) is 2. The zero-order valence-corrected chi connectivity index (χ0v) is 10.6. The van der Waals surface area contributed by atoms with Crippen LogP contribution < -0.4 is 11.1 Å². The molecule has 0 aliphatic carbocycles. The Morgan fingerprint density at radius 2 is 2.25 bits per heavy atom. The van der Waals surface area contributed by atoms with Gasteiger partial charge in [0.1, 0.15) is 0 Å². The Morgan fingerprint density at radius 1 is 1.56 bits per heavy atom. The molecule has 1 rings (SSSR count). The van der Waals surface area contributed by atoms with Crippen LogP contribution in [-0.4, -0.2) is 31.7 Å². The summed E-state index contributed by atoms with van der Waals surface area (Å²) in [7, 11) is 0. The molecule has 1 aliphatic rings. The maximum atomic E-state index is 11.8. The zero-order valence-electron chi connectivity index (χ0n) is 10.6. The van der Waals surface area contributed by atoms with Crippen LogP contribution in [0.5, 0.6) is 0 Å². The first-order chi connectivity index (χ1) is 7.41. The van der Waals surface area contributed by atoms with Crippen LogP contribution in [0, 0.1) is 11.3 Å². The minimum Gasteiger partial charge on any atom is -0.381 e. The van der Waals surface area contributed by atoms with Gasteiger partial charge >= 0.3 is 0 Å². The summed E-state index contributed by atoms with van der Waals surface area (Å²) < 4.78 is 5.36. The van der Waals surface area contributed by atoms with E-state index in [9.17, 15) is 4.79 Å². The van der Waals surface area contributed by atoms with Gasteiger partial charge in [0.2, 0.25) is 5.91 Å². The van der Waals surface area contributed by atoms with Gasteiger partial charge in [0, 0.05) is 13.2 Å². The second-order valence-corrected chi connectivity index (χ2v) is 5.67. The van der Waals surface area contributed by atoms with E-state index in [0.717, 1.165) is 26.1 Å². The van der Waals surface area contributed by atoms with Crippen molar-refractivity contribution in [2.24, 2.45) is 17.1 Å². The summed E-state index contributed by atoms with van der Waals surface area (Å²) in [5.74, 6) is 0.392. The van der Waals surface area contributed by atoms with Gasteiger partial charge in [0.05, 0.1) is 12.6 Å². The summed E-state index contributed by atoms with van der Waals surface area (Å²) >= 11 is 0. The van der Waals surface area contributed by atoms with Crippen molar-refractivity contribution in [3.05, 3.63) is 0 Å². The fourth-order valence-corrected chi connectivity index (χ4v) is 1.72. The Bertz CT molecular complexity index is 230. The molecule has 0 aromatic carbocycles. The lowest BCUT2D eigenvalue weighted by Gasteiger charge is -2.27. The number of hydrogen-bond acceptors (Lipinski definition) is 3. The van der Waals surface area contributed by atoms with Crippen LogP contribution in [0.15, 0.2) is 0 Å². The number of rotatable bonds is 3. The number of carbonyl (C=O) groups is 1. The van der Waals surface area contributed by atoms with Crippen molar-refractivity contribution < 1.29 is 9.53 Å². The molecule has 0 spiro atoms. The van der Waals surface area contributed by atoms with Crippen LogP contribution in [0.2, 0.25) is 0 Å². The SMILES string of the molecule is CC(C)(C)[C@H](N)C(=O)NCC1CCCOC1. The van der Waals surface area contributed by atoms with Crippen molar-refractivity contribution in [1.29, 1.82) is 0 Å². The monoisotopic (exact) mass is 228 g/mol. The topological polar surface area (TPSA) is 64.4 Å². The predicted octanol–water partition coefficient (Wildman–Crippen LogP) is 0.903. The van der Waals surface area contributed by atoms with E-state index in [1.54, 1.807) is 0 Å². The second kappa shape index (κ2) is 5.64. The number of amides is 1. The van der Waals surface area contributed by atoms with E-state index in [1.165, 1.54) is 0 Å². The summed E-state index contributed by atoms with van der Waals surface area (Å²) in [6.07, 6.45) is 2.22. The minimum atomic E-state index is -0.447. The Labute approximate surface area is 97.9 Å². The fraction of sp³-hybridized carbons (Fsp3) is 0.917. The van der Waals surface area contributed by atoms with Gasteiger partial charge in [-0.15, -0.1) is 0 Å². The highest BCUT2D eigenvalue weighted by molar-refractivity contribution is 5.82. The fourth-order valence-electron chi connectivity index (χ4n) is 1.72. The van der Waals surface area contributed by atoms with E-state index in [0.29, 0.717) is 12.5 Å². The van der Waals surface area contributed by atoms with Gasteiger partial charge in [0.15, 0.2) is 0 Å². The third-order valence-electron chi connectivity index (χ3n) is 3.04. The summed E-state index contributed by atoms with van der Waals surface area (Å²) in [4.78, 5) is 11.8.